The van der Waals surface area contributed by atoms with Crippen LogP contribution in [0.15, 0.2) is 18.2 Å². The van der Waals surface area contributed by atoms with E-state index in [1.165, 1.54) is 38.8 Å². The standard InChI is InChI=1S/C22H28N4O/c1-14-15(2)24-20-10-17(6-7-19(20)23-14)22(27)26-12-16-9-18(13-26)21-5-3-4-8-25(21)11-16/h6-7,10,16,18,21H,3-5,8-9,11-13H2,1-2H3/t16-,18-,21+/m1/s1. The van der Waals surface area contributed by atoms with Gasteiger partial charge >= 0.3 is 0 Å². The van der Waals surface area contributed by atoms with Crippen LogP contribution in [0, 0.1) is 25.7 Å². The van der Waals surface area contributed by atoms with Gasteiger partial charge < -0.3 is 4.90 Å². The van der Waals surface area contributed by atoms with Crippen molar-refractivity contribution in [1.29, 1.82) is 0 Å². The molecule has 0 saturated carbocycles. The molecule has 1 aromatic carbocycles. The number of carbonyl (C=O) groups is 1. The molecule has 5 rings (SSSR count). The second kappa shape index (κ2) is 6.55. The molecule has 2 bridgehead atoms. The van der Waals surface area contributed by atoms with Crippen molar-refractivity contribution in [2.45, 2.75) is 45.6 Å². The summed E-state index contributed by atoms with van der Waals surface area (Å²) in [5, 5.41) is 0. The zero-order valence-electron chi connectivity index (χ0n) is 16.3. The Hall–Kier alpha value is -2.01. The van der Waals surface area contributed by atoms with Crippen molar-refractivity contribution in [3.05, 3.63) is 35.2 Å². The van der Waals surface area contributed by atoms with E-state index in [1.54, 1.807) is 0 Å². The van der Waals surface area contributed by atoms with Crippen molar-refractivity contribution in [3.63, 3.8) is 0 Å². The SMILES string of the molecule is Cc1nc2ccc(C(=O)N3C[C@@H]4C[C@H](C3)[C@@H]3CCCCN3C4)cc2nc1C. The molecule has 3 aliphatic heterocycles. The fourth-order valence-corrected chi connectivity index (χ4v) is 5.48. The molecule has 27 heavy (non-hydrogen) atoms. The van der Waals surface area contributed by atoms with Crippen LogP contribution in [0.3, 0.4) is 0 Å². The monoisotopic (exact) mass is 364 g/mol. The number of hydrogen-bond donors (Lipinski definition) is 0. The highest BCUT2D eigenvalue weighted by Crippen LogP contribution is 2.37. The quantitative estimate of drug-likeness (QED) is 0.780. The molecule has 1 amide bonds. The van der Waals surface area contributed by atoms with E-state index in [2.05, 4.69) is 19.8 Å². The van der Waals surface area contributed by atoms with E-state index in [4.69, 9.17) is 0 Å². The summed E-state index contributed by atoms with van der Waals surface area (Å²) in [5.74, 6) is 1.44. The van der Waals surface area contributed by atoms with Crippen molar-refractivity contribution < 1.29 is 4.79 Å². The summed E-state index contributed by atoms with van der Waals surface area (Å²) in [6, 6.07) is 6.48. The van der Waals surface area contributed by atoms with Crippen molar-refractivity contribution >= 4 is 16.9 Å². The highest BCUT2D eigenvalue weighted by molar-refractivity contribution is 5.97. The number of piperidine rings is 3. The second-order valence-corrected chi connectivity index (χ2v) is 8.73. The van der Waals surface area contributed by atoms with Crippen LogP contribution in [-0.2, 0) is 0 Å². The zero-order valence-corrected chi connectivity index (χ0v) is 16.3. The summed E-state index contributed by atoms with van der Waals surface area (Å²) in [6.07, 6.45) is 5.30. The maximum atomic E-state index is 13.3. The Morgan fingerprint density at radius 1 is 1.04 bits per heavy atom. The van der Waals surface area contributed by atoms with Crippen LogP contribution < -0.4 is 0 Å². The van der Waals surface area contributed by atoms with Crippen LogP contribution in [0.2, 0.25) is 0 Å². The molecule has 2 aromatic rings. The van der Waals surface area contributed by atoms with Crippen molar-refractivity contribution in [2.75, 3.05) is 26.2 Å². The minimum atomic E-state index is 0.163. The van der Waals surface area contributed by atoms with E-state index in [9.17, 15) is 4.79 Å². The van der Waals surface area contributed by atoms with Gasteiger partial charge in [0.15, 0.2) is 0 Å². The second-order valence-electron chi connectivity index (χ2n) is 8.73. The van der Waals surface area contributed by atoms with E-state index in [0.717, 1.165) is 41.1 Å². The zero-order chi connectivity index (χ0) is 18.5. The molecule has 3 fully saturated rings. The molecule has 5 nitrogen and oxygen atoms in total. The lowest BCUT2D eigenvalue weighted by atomic mass is 9.76. The molecule has 3 atom stereocenters. The minimum Gasteiger partial charge on any atom is -0.338 e. The number of aryl methyl sites for hydroxylation is 2. The summed E-state index contributed by atoms with van der Waals surface area (Å²) in [6.45, 7) is 8.18. The largest absolute Gasteiger partial charge is 0.338 e. The van der Waals surface area contributed by atoms with Gasteiger partial charge in [-0.15, -0.1) is 0 Å². The van der Waals surface area contributed by atoms with Gasteiger partial charge in [-0.05, 0) is 69.7 Å². The fourth-order valence-electron chi connectivity index (χ4n) is 5.48. The topological polar surface area (TPSA) is 49.3 Å². The number of fused-ring (bicyclic) bond motifs is 5. The Balaban J connectivity index is 1.39. The predicted octanol–water partition coefficient (Wildman–Crippen LogP) is 3.19. The smallest absolute Gasteiger partial charge is 0.253 e. The first-order chi connectivity index (χ1) is 13.1. The molecule has 0 aliphatic carbocycles. The van der Waals surface area contributed by atoms with Gasteiger partial charge in [0, 0.05) is 31.2 Å². The van der Waals surface area contributed by atoms with Crippen LogP contribution in [0.1, 0.15) is 47.4 Å². The van der Waals surface area contributed by atoms with Gasteiger partial charge in [0.1, 0.15) is 0 Å². The van der Waals surface area contributed by atoms with Crippen molar-refractivity contribution in [2.24, 2.45) is 11.8 Å². The summed E-state index contributed by atoms with van der Waals surface area (Å²) in [5.41, 5.74) is 4.31. The summed E-state index contributed by atoms with van der Waals surface area (Å²) >= 11 is 0. The van der Waals surface area contributed by atoms with Crippen molar-refractivity contribution in [3.8, 4) is 0 Å². The first kappa shape index (κ1) is 17.1. The first-order valence-corrected chi connectivity index (χ1v) is 10.4. The minimum absolute atomic E-state index is 0.163. The average Bonchev–Trinajstić information content (AvgIpc) is 2.68. The number of likely N-dealkylation sites (tertiary alicyclic amines) is 1. The average molecular weight is 364 g/mol. The van der Waals surface area contributed by atoms with Gasteiger partial charge in [-0.2, -0.15) is 0 Å². The molecule has 5 heteroatoms. The molecular weight excluding hydrogens is 336 g/mol. The van der Waals surface area contributed by atoms with Crippen LogP contribution in [0.4, 0.5) is 0 Å². The van der Waals surface area contributed by atoms with Gasteiger partial charge in [-0.25, -0.2) is 9.97 Å². The normalized spacial score (nSPS) is 28.2. The Morgan fingerprint density at radius 3 is 2.70 bits per heavy atom. The molecule has 0 radical (unpaired) electrons. The van der Waals surface area contributed by atoms with E-state index in [-0.39, 0.29) is 5.91 Å². The molecule has 0 unspecified atom stereocenters. The van der Waals surface area contributed by atoms with Gasteiger partial charge in [0.25, 0.3) is 5.91 Å². The Labute approximate surface area is 160 Å². The third-order valence-electron chi connectivity index (χ3n) is 6.88. The van der Waals surface area contributed by atoms with Gasteiger partial charge in [0.05, 0.1) is 22.4 Å². The van der Waals surface area contributed by atoms with E-state index in [0.29, 0.717) is 17.9 Å². The molecule has 4 heterocycles. The Morgan fingerprint density at radius 2 is 1.85 bits per heavy atom. The number of amides is 1. The number of hydrogen-bond acceptors (Lipinski definition) is 4. The number of carbonyl (C=O) groups excluding carboxylic acids is 1. The number of benzene rings is 1. The predicted molar refractivity (Wildman–Crippen MR) is 106 cm³/mol. The molecule has 3 saturated heterocycles. The van der Waals surface area contributed by atoms with Crippen LogP contribution in [0.25, 0.3) is 11.0 Å². The number of rotatable bonds is 1. The first-order valence-electron chi connectivity index (χ1n) is 10.4. The fraction of sp³-hybridized carbons (Fsp3) is 0.591. The van der Waals surface area contributed by atoms with E-state index >= 15 is 0 Å². The van der Waals surface area contributed by atoms with Gasteiger partial charge in [-0.3, -0.25) is 9.69 Å². The number of aromatic nitrogens is 2. The third-order valence-corrected chi connectivity index (χ3v) is 6.88. The van der Waals surface area contributed by atoms with Crippen LogP contribution in [0.5, 0.6) is 0 Å². The molecule has 1 aromatic heterocycles. The molecule has 142 valence electrons. The Bertz CT molecular complexity index is 895. The van der Waals surface area contributed by atoms with Gasteiger partial charge in [0.2, 0.25) is 0 Å². The van der Waals surface area contributed by atoms with E-state index < -0.39 is 0 Å². The lowest BCUT2D eigenvalue weighted by Gasteiger charge is -2.52. The third kappa shape index (κ3) is 3.02. The highest BCUT2D eigenvalue weighted by atomic mass is 16.2. The molecule has 0 spiro atoms. The maximum absolute atomic E-state index is 13.3. The van der Waals surface area contributed by atoms with Crippen LogP contribution in [-0.4, -0.2) is 57.9 Å². The number of nitrogens with zero attached hydrogens (tertiary/aromatic N) is 4. The maximum Gasteiger partial charge on any atom is 0.253 e. The molecule has 0 N–H and O–H groups in total. The van der Waals surface area contributed by atoms with Gasteiger partial charge in [-0.1, -0.05) is 6.42 Å². The molecule has 3 aliphatic rings. The summed E-state index contributed by atoms with van der Waals surface area (Å²) in [4.78, 5) is 27.3. The summed E-state index contributed by atoms with van der Waals surface area (Å²) in [7, 11) is 0. The van der Waals surface area contributed by atoms with Crippen LogP contribution >= 0.6 is 0 Å². The lowest BCUT2D eigenvalue weighted by Crippen LogP contribution is -2.59. The Kier molecular flexibility index (Phi) is 4.15. The highest BCUT2D eigenvalue weighted by Gasteiger charge is 2.42. The van der Waals surface area contributed by atoms with Crippen molar-refractivity contribution in [1.82, 2.24) is 19.8 Å². The lowest BCUT2D eigenvalue weighted by molar-refractivity contribution is -0.0243. The molecular formula is C22H28N4O. The van der Waals surface area contributed by atoms with E-state index in [1.807, 2.05) is 32.0 Å². The summed E-state index contributed by atoms with van der Waals surface area (Å²) < 4.78 is 0.